The zero-order valence-corrected chi connectivity index (χ0v) is 18.5. The van der Waals surface area contributed by atoms with Crippen LogP contribution in [-0.2, 0) is 14.8 Å². The number of anilines is 2. The van der Waals surface area contributed by atoms with Crippen molar-refractivity contribution in [2.45, 2.75) is 18.7 Å². The fourth-order valence-corrected chi connectivity index (χ4v) is 3.85. The van der Waals surface area contributed by atoms with Crippen molar-refractivity contribution in [1.82, 2.24) is 0 Å². The van der Waals surface area contributed by atoms with E-state index in [1.165, 1.54) is 18.2 Å². The van der Waals surface area contributed by atoms with Crippen LogP contribution in [0.2, 0.25) is 0 Å². The van der Waals surface area contributed by atoms with E-state index in [1.807, 2.05) is 30.3 Å². The summed E-state index contributed by atoms with van der Waals surface area (Å²) in [5, 5.41) is 2.51. The first-order valence-electron chi connectivity index (χ1n) is 9.97. The Morgan fingerprint density at radius 1 is 0.875 bits per heavy atom. The summed E-state index contributed by atoms with van der Waals surface area (Å²) in [4.78, 5) is 11.8. The van der Waals surface area contributed by atoms with Gasteiger partial charge >= 0.3 is 6.09 Å². The second-order valence-electron chi connectivity index (χ2n) is 6.48. The van der Waals surface area contributed by atoms with Crippen LogP contribution < -0.4 is 19.5 Å². The van der Waals surface area contributed by atoms with E-state index in [0.717, 1.165) is 0 Å². The zero-order valence-electron chi connectivity index (χ0n) is 17.7. The van der Waals surface area contributed by atoms with Gasteiger partial charge in [0.1, 0.15) is 17.2 Å². The lowest BCUT2D eigenvalue weighted by molar-refractivity contribution is 0.167. The van der Waals surface area contributed by atoms with Crippen LogP contribution in [-0.4, -0.2) is 27.7 Å². The number of hydrogen-bond acceptors (Lipinski definition) is 6. The molecule has 1 amide bonds. The molecule has 2 N–H and O–H groups in total. The summed E-state index contributed by atoms with van der Waals surface area (Å²) in [6.45, 7) is 3.98. The minimum atomic E-state index is -3.93. The first-order chi connectivity index (χ1) is 15.4. The highest BCUT2D eigenvalue weighted by molar-refractivity contribution is 7.92. The molecule has 0 aliphatic rings. The molecule has 0 saturated heterocycles. The van der Waals surface area contributed by atoms with Gasteiger partial charge in [-0.25, -0.2) is 13.2 Å². The molecule has 3 rings (SSSR count). The Hall–Kier alpha value is -3.72. The van der Waals surface area contributed by atoms with Crippen LogP contribution in [0.3, 0.4) is 0 Å². The summed E-state index contributed by atoms with van der Waals surface area (Å²) < 4.78 is 44.3. The Morgan fingerprint density at radius 3 is 2.22 bits per heavy atom. The molecular formula is C23H24N2O6S. The first-order valence-corrected chi connectivity index (χ1v) is 11.5. The Morgan fingerprint density at radius 2 is 1.56 bits per heavy atom. The van der Waals surface area contributed by atoms with Crippen LogP contribution >= 0.6 is 0 Å². The quantitative estimate of drug-likeness (QED) is 0.456. The molecule has 0 aliphatic carbocycles. The molecule has 3 aromatic rings. The van der Waals surface area contributed by atoms with E-state index in [2.05, 4.69) is 10.0 Å². The van der Waals surface area contributed by atoms with E-state index in [-0.39, 0.29) is 17.2 Å². The van der Waals surface area contributed by atoms with Crippen LogP contribution in [0.5, 0.6) is 17.2 Å². The van der Waals surface area contributed by atoms with Gasteiger partial charge in [-0.05, 0) is 68.4 Å². The molecule has 0 radical (unpaired) electrons. The Labute approximate surface area is 187 Å². The summed E-state index contributed by atoms with van der Waals surface area (Å²) >= 11 is 0. The Balaban J connectivity index is 1.77. The standard InChI is InChI=1S/C23H24N2O6S/c1-3-29-22-15-14-20(16-21(22)24-23(26)30-4-2)32(27,28)25-17-10-12-19(13-11-17)31-18-8-6-5-7-9-18/h5-16,25H,3-4H2,1-2H3,(H,24,26). The van der Waals surface area contributed by atoms with Gasteiger partial charge in [0.25, 0.3) is 10.0 Å². The monoisotopic (exact) mass is 456 g/mol. The minimum absolute atomic E-state index is 0.0441. The maximum Gasteiger partial charge on any atom is 0.411 e. The molecular weight excluding hydrogens is 432 g/mol. The number of rotatable bonds is 9. The van der Waals surface area contributed by atoms with E-state index < -0.39 is 16.1 Å². The van der Waals surface area contributed by atoms with Gasteiger partial charge in [0, 0.05) is 5.69 Å². The number of ether oxygens (including phenoxy) is 3. The maximum absolute atomic E-state index is 12.9. The third-order valence-electron chi connectivity index (χ3n) is 4.16. The zero-order chi connectivity index (χ0) is 23.0. The van der Waals surface area contributed by atoms with Crippen molar-refractivity contribution < 1.29 is 27.4 Å². The molecule has 3 aromatic carbocycles. The number of nitrogens with one attached hydrogen (secondary N) is 2. The average Bonchev–Trinajstić information content (AvgIpc) is 2.77. The van der Waals surface area contributed by atoms with Crippen molar-refractivity contribution in [3.05, 3.63) is 72.8 Å². The molecule has 0 bridgehead atoms. The molecule has 0 aromatic heterocycles. The molecule has 0 fully saturated rings. The van der Waals surface area contributed by atoms with Crippen molar-refractivity contribution in [3.63, 3.8) is 0 Å². The highest BCUT2D eigenvalue weighted by Gasteiger charge is 2.18. The number of carbonyl (C=O) groups excluding carboxylic acids is 1. The third-order valence-corrected chi connectivity index (χ3v) is 5.54. The number of amides is 1. The SMILES string of the molecule is CCOC(=O)Nc1cc(S(=O)(=O)Nc2ccc(Oc3ccccc3)cc2)ccc1OCC. The van der Waals surface area contributed by atoms with Gasteiger partial charge in [-0.2, -0.15) is 0 Å². The van der Waals surface area contributed by atoms with E-state index in [0.29, 0.717) is 29.5 Å². The largest absolute Gasteiger partial charge is 0.492 e. The molecule has 0 saturated carbocycles. The summed E-state index contributed by atoms with van der Waals surface area (Å²) in [5.74, 6) is 1.58. The van der Waals surface area contributed by atoms with Crippen LogP contribution in [0.25, 0.3) is 0 Å². The smallest absolute Gasteiger partial charge is 0.411 e. The summed E-state index contributed by atoms with van der Waals surface area (Å²) in [5.41, 5.74) is 0.555. The third kappa shape index (κ3) is 6.14. The number of hydrogen-bond donors (Lipinski definition) is 2. The van der Waals surface area contributed by atoms with Crippen LogP contribution in [0.4, 0.5) is 16.2 Å². The van der Waals surface area contributed by atoms with Gasteiger partial charge in [-0.15, -0.1) is 0 Å². The van der Waals surface area contributed by atoms with Crippen LogP contribution in [0.1, 0.15) is 13.8 Å². The predicted octanol–water partition coefficient (Wildman–Crippen LogP) is 5.25. The lowest BCUT2D eigenvalue weighted by atomic mass is 10.3. The summed E-state index contributed by atoms with van der Waals surface area (Å²) in [6, 6.07) is 20.0. The maximum atomic E-state index is 12.9. The van der Waals surface area contributed by atoms with Crippen molar-refractivity contribution in [3.8, 4) is 17.2 Å². The first kappa shape index (κ1) is 23.0. The molecule has 168 valence electrons. The predicted molar refractivity (Wildman–Crippen MR) is 122 cm³/mol. The van der Waals surface area contributed by atoms with E-state index in [4.69, 9.17) is 14.2 Å². The number of sulfonamides is 1. The Kier molecular flexibility index (Phi) is 7.56. The number of benzene rings is 3. The molecule has 0 spiro atoms. The minimum Gasteiger partial charge on any atom is -0.492 e. The molecule has 8 nitrogen and oxygen atoms in total. The summed E-state index contributed by atoms with van der Waals surface area (Å²) in [7, 11) is -3.93. The van der Waals surface area contributed by atoms with Gasteiger partial charge in [0.2, 0.25) is 0 Å². The Bertz CT molecular complexity index is 1150. The summed E-state index contributed by atoms with van der Waals surface area (Å²) in [6.07, 6.45) is -0.704. The highest BCUT2D eigenvalue weighted by atomic mass is 32.2. The lowest BCUT2D eigenvalue weighted by Crippen LogP contribution is -2.16. The molecule has 32 heavy (non-hydrogen) atoms. The fraction of sp³-hybridized carbons (Fsp3) is 0.174. The van der Waals surface area contributed by atoms with E-state index in [9.17, 15) is 13.2 Å². The molecule has 0 atom stereocenters. The number of para-hydroxylation sites is 1. The topological polar surface area (TPSA) is 103 Å². The van der Waals surface area contributed by atoms with Gasteiger partial charge in [0.05, 0.1) is 23.8 Å². The van der Waals surface area contributed by atoms with Crippen molar-refractivity contribution in [1.29, 1.82) is 0 Å². The van der Waals surface area contributed by atoms with Crippen molar-refractivity contribution >= 4 is 27.5 Å². The fourth-order valence-electron chi connectivity index (χ4n) is 2.76. The van der Waals surface area contributed by atoms with E-state index >= 15 is 0 Å². The van der Waals surface area contributed by atoms with Crippen molar-refractivity contribution in [2.75, 3.05) is 23.3 Å². The molecule has 9 heteroatoms. The lowest BCUT2D eigenvalue weighted by Gasteiger charge is -2.14. The van der Waals surface area contributed by atoms with Gasteiger partial charge in [-0.1, -0.05) is 18.2 Å². The van der Waals surface area contributed by atoms with Gasteiger partial charge in [-0.3, -0.25) is 10.0 Å². The van der Waals surface area contributed by atoms with Crippen molar-refractivity contribution in [2.24, 2.45) is 0 Å². The molecule has 0 unspecified atom stereocenters. The van der Waals surface area contributed by atoms with Gasteiger partial charge < -0.3 is 14.2 Å². The van der Waals surface area contributed by atoms with E-state index in [1.54, 1.807) is 38.1 Å². The molecule has 0 aliphatic heterocycles. The van der Waals surface area contributed by atoms with Gasteiger partial charge in [0.15, 0.2) is 0 Å². The normalized spacial score (nSPS) is 10.8. The van der Waals surface area contributed by atoms with Crippen LogP contribution in [0, 0.1) is 0 Å². The van der Waals surface area contributed by atoms with Crippen LogP contribution in [0.15, 0.2) is 77.7 Å². The highest BCUT2D eigenvalue weighted by Crippen LogP contribution is 2.29. The second-order valence-corrected chi connectivity index (χ2v) is 8.16. The average molecular weight is 457 g/mol. The second kappa shape index (κ2) is 10.5. The molecule has 0 heterocycles. The number of carbonyl (C=O) groups is 1.